The molecule has 2 aromatic carbocycles. The number of carboxylic acids is 1. The highest BCUT2D eigenvalue weighted by Crippen LogP contribution is 2.28. The van der Waals surface area contributed by atoms with Crippen LogP contribution in [0.3, 0.4) is 0 Å². The molecular formula is C18H18N4O4S2. The number of aryl methyl sites for hydroxylation is 1. The summed E-state index contributed by atoms with van der Waals surface area (Å²) in [5, 5.41) is 16.0. The summed E-state index contributed by atoms with van der Waals surface area (Å²) < 4.78 is 26.0. The molecule has 28 heavy (non-hydrogen) atoms. The van der Waals surface area contributed by atoms with Crippen molar-refractivity contribution in [2.24, 2.45) is 0 Å². The van der Waals surface area contributed by atoms with Gasteiger partial charge < -0.3 is 5.11 Å². The summed E-state index contributed by atoms with van der Waals surface area (Å²) in [5.41, 5.74) is 3.56. The second-order valence-electron chi connectivity index (χ2n) is 5.97. The zero-order valence-electron chi connectivity index (χ0n) is 15.1. The normalized spacial score (nSPS) is 11.5. The number of benzene rings is 2. The van der Waals surface area contributed by atoms with Gasteiger partial charge in [0.25, 0.3) is 0 Å². The van der Waals surface area contributed by atoms with Crippen LogP contribution in [-0.4, -0.2) is 47.5 Å². The number of nitrogens with one attached hydrogen (secondary N) is 2. The molecule has 3 aromatic rings. The molecule has 0 saturated heterocycles. The molecule has 0 saturated carbocycles. The van der Waals surface area contributed by atoms with Crippen molar-refractivity contribution in [1.82, 2.24) is 19.9 Å². The van der Waals surface area contributed by atoms with E-state index in [2.05, 4.69) is 19.9 Å². The van der Waals surface area contributed by atoms with Crippen LogP contribution in [0.5, 0.6) is 0 Å². The number of nitrogens with zero attached hydrogens (tertiary/aromatic N) is 2. The zero-order chi connectivity index (χ0) is 20.3. The Morgan fingerprint density at radius 1 is 1.14 bits per heavy atom. The van der Waals surface area contributed by atoms with E-state index in [9.17, 15) is 13.2 Å². The lowest BCUT2D eigenvalue weighted by molar-refractivity contribution is -0.133. The molecule has 0 aliphatic carbocycles. The number of thioether (sulfide) groups is 1. The predicted molar refractivity (Wildman–Crippen MR) is 107 cm³/mol. The van der Waals surface area contributed by atoms with Gasteiger partial charge in [0.2, 0.25) is 15.2 Å². The minimum atomic E-state index is -3.48. The molecule has 8 nitrogen and oxygen atoms in total. The van der Waals surface area contributed by atoms with Crippen molar-refractivity contribution in [2.45, 2.75) is 17.0 Å². The molecule has 10 heteroatoms. The summed E-state index contributed by atoms with van der Waals surface area (Å²) >= 11 is 1.04. The van der Waals surface area contributed by atoms with Crippen LogP contribution in [0.2, 0.25) is 0 Å². The van der Waals surface area contributed by atoms with Gasteiger partial charge in [-0.05, 0) is 54.9 Å². The first-order valence-corrected chi connectivity index (χ1v) is 10.7. The number of aromatic amines is 1. The Kier molecular flexibility index (Phi) is 5.82. The number of aromatic nitrogens is 3. The second kappa shape index (κ2) is 8.13. The maximum atomic E-state index is 11.9. The van der Waals surface area contributed by atoms with Crippen LogP contribution in [0.25, 0.3) is 22.5 Å². The number of rotatable bonds is 7. The van der Waals surface area contributed by atoms with Crippen molar-refractivity contribution in [2.75, 3.05) is 12.8 Å². The lowest BCUT2D eigenvalue weighted by Gasteiger charge is -2.08. The Balaban J connectivity index is 1.91. The maximum Gasteiger partial charge on any atom is 0.313 e. The minimum Gasteiger partial charge on any atom is -0.481 e. The molecule has 0 amide bonds. The van der Waals surface area contributed by atoms with Gasteiger partial charge in [0.05, 0.1) is 10.6 Å². The number of hydrogen-bond donors (Lipinski definition) is 3. The molecule has 3 rings (SSSR count). The molecule has 146 valence electrons. The third kappa shape index (κ3) is 4.58. The third-order valence-electron chi connectivity index (χ3n) is 3.91. The predicted octanol–water partition coefficient (Wildman–Crippen LogP) is 2.53. The fraction of sp³-hybridized carbons (Fsp3) is 0.167. The van der Waals surface area contributed by atoms with Gasteiger partial charge in [0.15, 0.2) is 5.82 Å². The van der Waals surface area contributed by atoms with E-state index in [1.54, 1.807) is 24.3 Å². The third-order valence-corrected chi connectivity index (χ3v) is 6.17. The maximum absolute atomic E-state index is 11.9. The Bertz CT molecular complexity index is 1110. The summed E-state index contributed by atoms with van der Waals surface area (Å²) in [6.45, 7) is 1.95. The van der Waals surface area contributed by atoms with Crippen molar-refractivity contribution in [3.8, 4) is 22.5 Å². The molecule has 0 bridgehead atoms. The summed E-state index contributed by atoms with van der Waals surface area (Å²) in [7, 11) is -2.11. The van der Waals surface area contributed by atoms with E-state index in [0.29, 0.717) is 11.0 Å². The molecule has 1 heterocycles. The van der Waals surface area contributed by atoms with Gasteiger partial charge in [-0.2, -0.15) is 0 Å². The average Bonchev–Trinajstić information content (AvgIpc) is 3.15. The summed E-state index contributed by atoms with van der Waals surface area (Å²) in [6, 6.07) is 12.4. The van der Waals surface area contributed by atoms with Gasteiger partial charge in [-0.3, -0.25) is 9.89 Å². The second-order valence-corrected chi connectivity index (χ2v) is 8.80. The average molecular weight is 419 g/mol. The number of carbonyl (C=O) groups is 1. The Morgan fingerprint density at radius 2 is 1.82 bits per heavy atom. The standard InChI is InChI=1S/C18H18N4O4S2/c1-11-7-13(12-3-5-15(6-4-12)28(25,26)19-2)9-14(8-11)17-20-18(22-21-17)27-10-16(23)24/h3-9,19H,10H2,1-2H3,(H,23,24)(H,20,21,22). The quantitative estimate of drug-likeness (QED) is 0.504. The van der Waals surface area contributed by atoms with E-state index < -0.39 is 16.0 Å². The lowest BCUT2D eigenvalue weighted by atomic mass is 10.00. The van der Waals surface area contributed by atoms with Gasteiger partial charge >= 0.3 is 5.97 Å². The van der Waals surface area contributed by atoms with Crippen molar-refractivity contribution in [3.05, 3.63) is 48.0 Å². The largest absolute Gasteiger partial charge is 0.481 e. The van der Waals surface area contributed by atoms with Crippen molar-refractivity contribution in [3.63, 3.8) is 0 Å². The minimum absolute atomic E-state index is 0.113. The van der Waals surface area contributed by atoms with Crippen LogP contribution in [-0.2, 0) is 14.8 Å². The molecule has 0 radical (unpaired) electrons. The molecule has 0 unspecified atom stereocenters. The first kappa shape index (κ1) is 20.1. The van der Waals surface area contributed by atoms with Crippen molar-refractivity contribution < 1.29 is 18.3 Å². The molecule has 3 N–H and O–H groups in total. The van der Waals surface area contributed by atoms with E-state index in [1.165, 1.54) is 7.05 Å². The van der Waals surface area contributed by atoms with Crippen LogP contribution in [0.15, 0.2) is 52.5 Å². The van der Waals surface area contributed by atoms with Crippen molar-refractivity contribution >= 4 is 27.8 Å². The SMILES string of the molecule is CNS(=O)(=O)c1ccc(-c2cc(C)cc(-c3nc(SCC(=O)O)n[nH]3)c2)cc1. The Labute approximate surface area is 166 Å². The van der Waals surface area contributed by atoms with Gasteiger partial charge in [-0.1, -0.05) is 30.0 Å². The van der Waals surface area contributed by atoms with Crippen LogP contribution >= 0.6 is 11.8 Å². The van der Waals surface area contributed by atoms with Crippen LogP contribution in [0.1, 0.15) is 5.56 Å². The van der Waals surface area contributed by atoms with Crippen LogP contribution < -0.4 is 4.72 Å². The molecule has 0 aliphatic rings. The summed E-state index contributed by atoms with van der Waals surface area (Å²) in [6.07, 6.45) is 0. The topological polar surface area (TPSA) is 125 Å². The first-order chi connectivity index (χ1) is 13.3. The molecule has 0 atom stereocenters. The van der Waals surface area contributed by atoms with E-state index >= 15 is 0 Å². The summed E-state index contributed by atoms with van der Waals surface area (Å²) in [5.74, 6) is -0.511. The number of carboxylic acid groups (broad SMARTS) is 1. The van der Waals surface area contributed by atoms with Gasteiger partial charge in [-0.25, -0.2) is 18.1 Å². The van der Waals surface area contributed by atoms with Crippen LogP contribution in [0.4, 0.5) is 0 Å². The molecule has 0 aliphatic heterocycles. The fourth-order valence-corrected chi connectivity index (χ4v) is 3.85. The van der Waals surface area contributed by atoms with E-state index in [4.69, 9.17) is 5.11 Å². The number of aliphatic carboxylic acids is 1. The highest BCUT2D eigenvalue weighted by Gasteiger charge is 2.13. The van der Waals surface area contributed by atoms with Gasteiger partial charge in [-0.15, -0.1) is 5.10 Å². The first-order valence-electron chi connectivity index (χ1n) is 8.21. The number of hydrogen-bond acceptors (Lipinski definition) is 6. The van der Waals surface area contributed by atoms with E-state index in [0.717, 1.165) is 34.0 Å². The molecule has 0 fully saturated rings. The molecular weight excluding hydrogens is 400 g/mol. The highest BCUT2D eigenvalue weighted by molar-refractivity contribution is 7.99. The summed E-state index contributed by atoms with van der Waals surface area (Å²) in [4.78, 5) is 15.2. The number of H-pyrrole nitrogens is 1. The Morgan fingerprint density at radius 3 is 2.46 bits per heavy atom. The number of sulfonamides is 1. The zero-order valence-corrected chi connectivity index (χ0v) is 16.8. The van der Waals surface area contributed by atoms with Gasteiger partial charge in [0, 0.05) is 5.56 Å². The van der Waals surface area contributed by atoms with Crippen LogP contribution in [0, 0.1) is 6.92 Å². The monoisotopic (exact) mass is 418 g/mol. The smallest absolute Gasteiger partial charge is 0.313 e. The molecule has 0 spiro atoms. The van der Waals surface area contributed by atoms with Gasteiger partial charge in [0.1, 0.15) is 0 Å². The Hall–Kier alpha value is -2.69. The highest BCUT2D eigenvalue weighted by atomic mass is 32.2. The van der Waals surface area contributed by atoms with Crippen molar-refractivity contribution in [1.29, 1.82) is 0 Å². The molecule has 1 aromatic heterocycles. The van der Waals surface area contributed by atoms with E-state index in [-0.39, 0.29) is 10.6 Å². The lowest BCUT2D eigenvalue weighted by Crippen LogP contribution is -2.18. The fourth-order valence-electron chi connectivity index (χ4n) is 2.60. The van der Waals surface area contributed by atoms with E-state index in [1.807, 2.05) is 25.1 Å².